The third-order valence-electron chi connectivity index (χ3n) is 2.80. The van der Waals surface area contributed by atoms with E-state index in [4.69, 9.17) is 10.4 Å². The molecule has 0 bridgehead atoms. The van der Waals surface area contributed by atoms with Crippen molar-refractivity contribution in [3.05, 3.63) is 0 Å². The predicted octanol–water partition coefficient (Wildman–Crippen LogP) is 1.84. The highest BCUT2D eigenvalue weighted by Gasteiger charge is 2.21. The molecule has 0 aliphatic heterocycles. The minimum atomic E-state index is -0.534. The Hall–Kier alpha value is -1.08. The lowest BCUT2D eigenvalue weighted by Gasteiger charge is -2.25. The second-order valence-corrected chi connectivity index (χ2v) is 5.18. The van der Waals surface area contributed by atoms with E-state index in [-0.39, 0.29) is 17.9 Å². The number of nitrogens with one attached hydrogen (secondary N) is 1. The summed E-state index contributed by atoms with van der Waals surface area (Å²) < 4.78 is 0. The Labute approximate surface area is 104 Å². The summed E-state index contributed by atoms with van der Waals surface area (Å²) in [4.78, 5) is 11.7. The normalized spacial score (nSPS) is 12.9. The number of hydrogen-bond donors (Lipinski definition) is 2. The van der Waals surface area contributed by atoms with Gasteiger partial charge in [0.2, 0.25) is 5.91 Å². The number of rotatable bonds is 8. The van der Waals surface area contributed by atoms with Gasteiger partial charge in [0.25, 0.3) is 0 Å². The maximum Gasteiger partial charge on any atom is 0.237 e. The van der Waals surface area contributed by atoms with Gasteiger partial charge in [0.05, 0.1) is 6.07 Å². The van der Waals surface area contributed by atoms with E-state index in [1.54, 1.807) is 0 Å². The molecule has 0 aliphatic rings. The van der Waals surface area contributed by atoms with Crippen molar-refractivity contribution in [3.8, 4) is 6.07 Å². The van der Waals surface area contributed by atoms with Crippen LogP contribution in [-0.2, 0) is 4.79 Å². The second kappa shape index (κ2) is 8.08. The van der Waals surface area contributed by atoms with Crippen LogP contribution in [0.2, 0.25) is 0 Å². The minimum absolute atomic E-state index is 0.0371. The summed E-state index contributed by atoms with van der Waals surface area (Å²) in [5.74, 6) is -0.708. The first-order chi connectivity index (χ1) is 7.96. The van der Waals surface area contributed by atoms with Crippen molar-refractivity contribution in [2.75, 3.05) is 13.2 Å². The van der Waals surface area contributed by atoms with Gasteiger partial charge in [0.15, 0.2) is 0 Å². The first-order valence-corrected chi connectivity index (χ1v) is 6.25. The topological polar surface area (TPSA) is 73.1 Å². The minimum Gasteiger partial charge on any atom is -0.396 e. The molecule has 0 rings (SSSR count). The van der Waals surface area contributed by atoms with Crippen LogP contribution >= 0.6 is 0 Å². The van der Waals surface area contributed by atoms with Crippen molar-refractivity contribution in [2.24, 2.45) is 11.3 Å². The molecule has 0 aromatic rings. The number of aliphatic hydroxyl groups is 1. The summed E-state index contributed by atoms with van der Waals surface area (Å²) in [5.41, 5.74) is -0.0371. The number of carbonyl (C=O) groups excluding carboxylic acids is 1. The Morgan fingerprint density at radius 2 is 2.18 bits per heavy atom. The van der Waals surface area contributed by atoms with Crippen LogP contribution in [0.15, 0.2) is 0 Å². The zero-order valence-electron chi connectivity index (χ0n) is 11.1. The maximum atomic E-state index is 11.7. The molecule has 2 N–H and O–H groups in total. The monoisotopic (exact) mass is 240 g/mol. The van der Waals surface area contributed by atoms with E-state index in [0.717, 1.165) is 19.3 Å². The highest BCUT2D eigenvalue weighted by Crippen LogP contribution is 2.21. The summed E-state index contributed by atoms with van der Waals surface area (Å²) in [6.45, 7) is 6.78. The molecule has 0 saturated carbocycles. The molecule has 1 amide bonds. The van der Waals surface area contributed by atoms with E-state index in [1.807, 2.05) is 26.8 Å². The molecule has 0 aromatic carbocycles. The van der Waals surface area contributed by atoms with Crippen molar-refractivity contribution in [2.45, 2.75) is 46.5 Å². The van der Waals surface area contributed by atoms with Gasteiger partial charge in [-0.15, -0.1) is 0 Å². The van der Waals surface area contributed by atoms with Crippen LogP contribution in [0, 0.1) is 22.7 Å². The lowest BCUT2D eigenvalue weighted by molar-refractivity contribution is -0.124. The second-order valence-electron chi connectivity index (χ2n) is 5.18. The number of amides is 1. The van der Waals surface area contributed by atoms with Crippen LogP contribution in [0.3, 0.4) is 0 Å². The molecule has 0 spiro atoms. The number of nitriles is 1. The van der Waals surface area contributed by atoms with E-state index in [0.29, 0.717) is 13.0 Å². The lowest BCUT2D eigenvalue weighted by atomic mass is 9.87. The van der Waals surface area contributed by atoms with Gasteiger partial charge in [-0.25, -0.2) is 0 Å². The third-order valence-corrected chi connectivity index (χ3v) is 2.80. The fraction of sp³-hybridized carbons (Fsp3) is 0.846. The summed E-state index contributed by atoms with van der Waals surface area (Å²) in [5, 5.41) is 20.5. The van der Waals surface area contributed by atoms with E-state index in [2.05, 4.69) is 5.32 Å². The van der Waals surface area contributed by atoms with Crippen LogP contribution in [0.1, 0.15) is 46.5 Å². The quantitative estimate of drug-likeness (QED) is 0.680. The molecule has 1 atom stereocenters. The Morgan fingerprint density at radius 1 is 1.53 bits per heavy atom. The summed E-state index contributed by atoms with van der Waals surface area (Å²) in [6, 6.07) is 2.03. The summed E-state index contributed by atoms with van der Waals surface area (Å²) in [7, 11) is 0. The van der Waals surface area contributed by atoms with E-state index < -0.39 is 5.92 Å². The van der Waals surface area contributed by atoms with Crippen molar-refractivity contribution >= 4 is 5.91 Å². The van der Waals surface area contributed by atoms with Crippen LogP contribution in [-0.4, -0.2) is 24.2 Å². The van der Waals surface area contributed by atoms with Crippen molar-refractivity contribution < 1.29 is 9.90 Å². The average molecular weight is 240 g/mol. The molecule has 0 radical (unpaired) electrons. The molecule has 4 nitrogen and oxygen atoms in total. The molecule has 1 unspecified atom stereocenters. The molecule has 0 aliphatic carbocycles. The van der Waals surface area contributed by atoms with Gasteiger partial charge in [0.1, 0.15) is 5.92 Å². The predicted molar refractivity (Wildman–Crippen MR) is 67.1 cm³/mol. The van der Waals surface area contributed by atoms with Gasteiger partial charge < -0.3 is 10.4 Å². The maximum absolute atomic E-state index is 11.7. The molecule has 4 heteroatoms. The standard InChI is InChI=1S/C13H24N2O2/c1-4-6-11(9-14)12(17)15-10-13(2,3)7-5-8-16/h11,16H,4-8,10H2,1-3H3,(H,15,17). The fourth-order valence-corrected chi connectivity index (χ4v) is 1.64. The van der Waals surface area contributed by atoms with E-state index in [1.165, 1.54) is 0 Å². The van der Waals surface area contributed by atoms with Crippen molar-refractivity contribution in [3.63, 3.8) is 0 Å². The van der Waals surface area contributed by atoms with Gasteiger partial charge in [-0.2, -0.15) is 5.26 Å². The van der Waals surface area contributed by atoms with Gasteiger partial charge >= 0.3 is 0 Å². The Bertz CT molecular complexity index is 269. The zero-order chi connectivity index (χ0) is 13.3. The number of carbonyl (C=O) groups is 1. The molecule has 0 aromatic heterocycles. The molecular formula is C13H24N2O2. The van der Waals surface area contributed by atoms with E-state index in [9.17, 15) is 4.79 Å². The number of hydrogen-bond acceptors (Lipinski definition) is 3. The highest BCUT2D eigenvalue weighted by atomic mass is 16.2. The Kier molecular flexibility index (Phi) is 7.56. The van der Waals surface area contributed by atoms with Crippen LogP contribution in [0.4, 0.5) is 0 Å². The third kappa shape index (κ3) is 6.96. The summed E-state index contributed by atoms with van der Waals surface area (Å²) >= 11 is 0. The molecule has 0 heterocycles. The highest BCUT2D eigenvalue weighted by molar-refractivity contribution is 5.80. The van der Waals surface area contributed by atoms with Gasteiger partial charge in [-0.3, -0.25) is 4.79 Å². The Balaban J connectivity index is 4.09. The lowest BCUT2D eigenvalue weighted by Crippen LogP contribution is -2.37. The molecule has 98 valence electrons. The van der Waals surface area contributed by atoms with Gasteiger partial charge in [-0.05, 0) is 24.7 Å². The summed E-state index contributed by atoms with van der Waals surface area (Å²) in [6.07, 6.45) is 3.03. The molecule has 0 saturated heterocycles. The van der Waals surface area contributed by atoms with Crippen LogP contribution < -0.4 is 5.32 Å². The van der Waals surface area contributed by atoms with Crippen LogP contribution in [0.25, 0.3) is 0 Å². The largest absolute Gasteiger partial charge is 0.396 e. The SMILES string of the molecule is CCCC(C#N)C(=O)NCC(C)(C)CCCO. The van der Waals surface area contributed by atoms with E-state index >= 15 is 0 Å². The van der Waals surface area contributed by atoms with Gasteiger partial charge in [0, 0.05) is 13.2 Å². The first kappa shape index (κ1) is 15.9. The Morgan fingerprint density at radius 3 is 2.65 bits per heavy atom. The molecular weight excluding hydrogens is 216 g/mol. The first-order valence-electron chi connectivity index (χ1n) is 6.25. The molecule has 17 heavy (non-hydrogen) atoms. The number of nitrogens with zero attached hydrogens (tertiary/aromatic N) is 1. The average Bonchev–Trinajstić information content (AvgIpc) is 2.30. The van der Waals surface area contributed by atoms with Crippen LogP contribution in [0.5, 0.6) is 0 Å². The fourth-order valence-electron chi connectivity index (χ4n) is 1.64. The smallest absolute Gasteiger partial charge is 0.237 e. The van der Waals surface area contributed by atoms with Gasteiger partial charge in [-0.1, -0.05) is 27.2 Å². The molecule has 0 fully saturated rings. The van der Waals surface area contributed by atoms with Crippen molar-refractivity contribution in [1.82, 2.24) is 5.32 Å². The zero-order valence-corrected chi connectivity index (χ0v) is 11.1. The number of aliphatic hydroxyl groups excluding tert-OH is 1. The van der Waals surface area contributed by atoms with Crippen molar-refractivity contribution in [1.29, 1.82) is 5.26 Å².